The SMILES string of the molecule is CCC(c1ccccc1)c1nnc(NC(=O)N2C3CCC2CC(=O)C3)s1. The molecule has 1 N–H and O–H groups in total. The molecule has 3 atom stereocenters. The molecule has 2 amide bonds. The number of Topliss-reactive ketones (excluding diaryl/α,β-unsaturated/α-hetero) is 1. The number of amides is 2. The smallest absolute Gasteiger partial charge is 0.318 e. The lowest BCUT2D eigenvalue weighted by Crippen LogP contribution is -2.48. The van der Waals surface area contributed by atoms with Crippen molar-refractivity contribution in [3.8, 4) is 0 Å². The maximum atomic E-state index is 12.7. The van der Waals surface area contributed by atoms with Crippen molar-refractivity contribution in [2.75, 3.05) is 5.32 Å². The Morgan fingerprint density at radius 3 is 2.58 bits per heavy atom. The van der Waals surface area contributed by atoms with Gasteiger partial charge in [-0.15, -0.1) is 10.2 Å². The monoisotopic (exact) mass is 370 g/mol. The summed E-state index contributed by atoms with van der Waals surface area (Å²) in [5, 5.41) is 12.8. The minimum Gasteiger partial charge on any atom is -0.318 e. The number of piperidine rings is 1. The van der Waals surface area contributed by atoms with Gasteiger partial charge in [0, 0.05) is 30.8 Å². The molecule has 4 rings (SSSR count). The average molecular weight is 370 g/mol. The Bertz CT molecular complexity index is 791. The van der Waals surface area contributed by atoms with E-state index >= 15 is 0 Å². The molecule has 2 aliphatic rings. The molecular formula is C19H22N4O2S. The van der Waals surface area contributed by atoms with Crippen LogP contribution in [0.5, 0.6) is 0 Å². The highest BCUT2D eigenvalue weighted by molar-refractivity contribution is 7.15. The van der Waals surface area contributed by atoms with Crippen LogP contribution < -0.4 is 5.32 Å². The normalized spacial score (nSPS) is 23.1. The number of carbonyl (C=O) groups excluding carboxylic acids is 2. The van der Waals surface area contributed by atoms with Gasteiger partial charge < -0.3 is 4.90 Å². The Morgan fingerprint density at radius 2 is 1.92 bits per heavy atom. The van der Waals surface area contributed by atoms with Crippen molar-refractivity contribution in [3.05, 3.63) is 40.9 Å². The van der Waals surface area contributed by atoms with E-state index < -0.39 is 0 Å². The summed E-state index contributed by atoms with van der Waals surface area (Å²) in [5.74, 6) is 0.455. The Kier molecular flexibility index (Phi) is 4.72. The first-order chi connectivity index (χ1) is 12.7. The van der Waals surface area contributed by atoms with E-state index in [0.717, 1.165) is 24.3 Å². The van der Waals surface area contributed by atoms with Crippen LogP contribution in [0.3, 0.4) is 0 Å². The third-order valence-corrected chi connectivity index (χ3v) is 6.30. The van der Waals surface area contributed by atoms with E-state index in [1.807, 2.05) is 23.1 Å². The van der Waals surface area contributed by atoms with E-state index in [1.165, 1.54) is 16.9 Å². The predicted octanol–water partition coefficient (Wildman–Crippen LogP) is 3.81. The number of carbonyl (C=O) groups is 2. The van der Waals surface area contributed by atoms with E-state index in [0.29, 0.717) is 18.0 Å². The minimum atomic E-state index is -0.152. The summed E-state index contributed by atoms with van der Waals surface area (Å²) in [6, 6.07) is 10.2. The van der Waals surface area contributed by atoms with Gasteiger partial charge in [0.25, 0.3) is 0 Å². The van der Waals surface area contributed by atoms with E-state index in [1.54, 1.807) is 0 Å². The number of hydrogen-bond acceptors (Lipinski definition) is 5. The fraction of sp³-hybridized carbons (Fsp3) is 0.474. The molecule has 1 aromatic carbocycles. The van der Waals surface area contributed by atoms with Crippen LogP contribution in [0.1, 0.15) is 55.5 Å². The van der Waals surface area contributed by atoms with Crippen molar-refractivity contribution < 1.29 is 9.59 Å². The third-order valence-electron chi connectivity index (χ3n) is 5.34. The zero-order valence-electron chi connectivity index (χ0n) is 14.7. The summed E-state index contributed by atoms with van der Waals surface area (Å²) < 4.78 is 0. The quantitative estimate of drug-likeness (QED) is 0.888. The largest absolute Gasteiger partial charge is 0.324 e. The first kappa shape index (κ1) is 17.1. The van der Waals surface area contributed by atoms with Crippen LogP contribution in [0.4, 0.5) is 9.93 Å². The summed E-state index contributed by atoms with van der Waals surface area (Å²) in [6.45, 7) is 2.12. The fourth-order valence-corrected chi connectivity index (χ4v) is 5.07. The van der Waals surface area contributed by atoms with Crippen LogP contribution in [0.15, 0.2) is 30.3 Å². The lowest BCUT2D eigenvalue weighted by molar-refractivity contribution is -0.122. The molecule has 1 aromatic heterocycles. The number of aromatic nitrogens is 2. The highest BCUT2D eigenvalue weighted by Gasteiger charge is 2.43. The maximum absolute atomic E-state index is 12.7. The van der Waals surface area contributed by atoms with Gasteiger partial charge in [-0.3, -0.25) is 10.1 Å². The molecule has 3 heterocycles. The predicted molar refractivity (Wildman–Crippen MR) is 100 cm³/mol. The highest BCUT2D eigenvalue weighted by atomic mass is 32.1. The topological polar surface area (TPSA) is 75.2 Å². The van der Waals surface area contributed by atoms with Crippen molar-refractivity contribution >= 4 is 28.3 Å². The van der Waals surface area contributed by atoms with Gasteiger partial charge in [-0.2, -0.15) is 0 Å². The summed E-state index contributed by atoms with van der Waals surface area (Å²) in [5.41, 5.74) is 1.21. The summed E-state index contributed by atoms with van der Waals surface area (Å²) >= 11 is 1.43. The van der Waals surface area contributed by atoms with Crippen LogP contribution in [0, 0.1) is 0 Å². The van der Waals surface area contributed by atoms with E-state index in [9.17, 15) is 9.59 Å². The van der Waals surface area contributed by atoms with Crippen molar-refractivity contribution in [2.24, 2.45) is 0 Å². The zero-order valence-corrected chi connectivity index (χ0v) is 15.5. The fourth-order valence-electron chi connectivity index (χ4n) is 4.12. The lowest BCUT2D eigenvalue weighted by atomic mass is 9.97. The lowest BCUT2D eigenvalue weighted by Gasteiger charge is -2.33. The molecule has 26 heavy (non-hydrogen) atoms. The molecule has 2 aliphatic heterocycles. The molecule has 0 spiro atoms. The number of nitrogens with one attached hydrogen (secondary N) is 1. The Balaban J connectivity index is 1.47. The van der Waals surface area contributed by atoms with Crippen LogP contribution in [-0.2, 0) is 4.79 Å². The maximum Gasteiger partial charge on any atom is 0.324 e. The Labute approximate surface area is 156 Å². The summed E-state index contributed by atoms with van der Waals surface area (Å²) in [7, 11) is 0. The second-order valence-corrected chi connectivity index (χ2v) is 8.00. The van der Waals surface area contributed by atoms with Crippen LogP contribution in [0.25, 0.3) is 0 Å². The second-order valence-electron chi connectivity index (χ2n) is 6.99. The number of rotatable bonds is 4. The van der Waals surface area contributed by atoms with Gasteiger partial charge in [-0.05, 0) is 24.8 Å². The van der Waals surface area contributed by atoms with Gasteiger partial charge in [-0.25, -0.2) is 4.79 Å². The molecule has 3 unspecified atom stereocenters. The molecule has 0 aliphatic carbocycles. The Hall–Kier alpha value is -2.28. The van der Waals surface area contributed by atoms with Gasteiger partial charge in [0.05, 0.1) is 0 Å². The molecule has 6 nitrogen and oxygen atoms in total. The molecule has 2 saturated heterocycles. The standard InChI is InChI=1S/C19H22N4O2S/c1-2-16(12-6-4-3-5-7-12)17-21-22-18(26-17)20-19(25)23-13-8-9-14(23)11-15(24)10-13/h3-7,13-14,16H,2,8-11H2,1H3,(H,20,22,25). The third kappa shape index (κ3) is 3.23. The van der Waals surface area contributed by atoms with Crippen molar-refractivity contribution in [3.63, 3.8) is 0 Å². The first-order valence-corrected chi connectivity index (χ1v) is 9.96. The van der Waals surface area contributed by atoms with Crippen molar-refractivity contribution in [1.82, 2.24) is 15.1 Å². The number of anilines is 1. The van der Waals surface area contributed by atoms with Crippen LogP contribution in [0.2, 0.25) is 0 Å². The van der Waals surface area contributed by atoms with Gasteiger partial charge in [0.1, 0.15) is 10.8 Å². The van der Waals surface area contributed by atoms with Crippen LogP contribution >= 0.6 is 11.3 Å². The molecule has 136 valence electrons. The number of benzene rings is 1. The number of urea groups is 1. The zero-order chi connectivity index (χ0) is 18.1. The molecule has 2 fully saturated rings. The van der Waals surface area contributed by atoms with E-state index in [-0.39, 0.29) is 29.8 Å². The van der Waals surface area contributed by atoms with E-state index in [4.69, 9.17) is 0 Å². The second kappa shape index (κ2) is 7.15. The number of fused-ring (bicyclic) bond motifs is 2. The average Bonchev–Trinajstić information content (AvgIpc) is 3.19. The van der Waals surface area contributed by atoms with Gasteiger partial charge in [-0.1, -0.05) is 48.6 Å². The van der Waals surface area contributed by atoms with Gasteiger partial charge in [0.15, 0.2) is 0 Å². The summed E-state index contributed by atoms with van der Waals surface area (Å²) in [6.07, 6.45) is 3.72. The van der Waals surface area contributed by atoms with Gasteiger partial charge >= 0.3 is 6.03 Å². The van der Waals surface area contributed by atoms with Crippen molar-refractivity contribution in [2.45, 2.75) is 57.0 Å². The number of ketones is 1. The number of hydrogen-bond donors (Lipinski definition) is 1. The first-order valence-electron chi connectivity index (χ1n) is 9.15. The number of nitrogens with zero attached hydrogens (tertiary/aromatic N) is 3. The molecular weight excluding hydrogens is 348 g/mol. The molecule has 7 heteroatoms. The van der Waals surface area contributed by atoms with Crippen molar-refractivity contribution in [1.29, 1.82) is 0 Å². The van der Waals surface area contributed by atoms with E-state index in [2.05, 4.69) is 34.6 Å². The van der Waals surface area contributed by atoms with Gasteiger partial charge in [0.2, 0.25) is 5.13 Å². The molecule has 2 aromatic rings. The van der Waals surface area contributed by atoms with Crippen LogP contribution in [-0.4, -0.2) is 39.0 Å². The molecule has 2 bridgehead atoms. The minimum absolute atomic E-state index is 0.0429. The summed E-state index contributed by atoms with van der Waals surface area (Å²) in [4.78, 5) is 26.3. The Morgan fingerprint density at radius 1 is 1.23 bits per heavy atom. The highest BCUT2D eigenvalue weighted by Crippen LogP contribution is 2.35. The molecule has 0 radical (unpaired) electrons. The molecule has 0 saturated carbocycles.